The van der Waals surface area contributed by atoms with Crippen molar-refractivity contribution in [2.24, 2.45) is 0 Å². The fourth-order valence-corrected chi connectivity index (χ4v) is 2.51. The number of ether oxygens (including phenoxy) is 1. The molecule has 26 heavy (non-hydrogen) atoms. The third kappa shape index (κ3) is 5.89. The van der Waals surface area contributed by atoms with Gasteiger partial charge in [0.15, 0.2) is 0 Å². The molecule has 0 heterocycles. The zero-order valence-electron chi connectivity index (χ0n) is 14.8. The van der Waals surface area contributed by atoms with Crippen LogP contribution in [0.25, 0.3) is 0 Å². The number of nitrogens with zero attached hydrogens (tertiary/aromatic N) is 1. The molecule has 2 aromatic carbocycles. The van der Waals surface area contributed by atoms with Crippen LogP contribution in [0.5, 0.6) is 11.5 Å². The standard InChI is InChI=1S/C20H23N3O3/c1-23(13-19(24)21-15-10-11-15)14-20(25)22-16-6-5-9-18(12-16)26-17-7-3-2-4-8-17/h2-9,12,15H,10-11,13-14H2,1H3,(H,21,24)(H,22,25). The summed E-state index contributed by atoms with van der Waals surface area (Å²) < 4.78 is 5.76. The van der Waals surface area contributed by atoms with E-state index in [1.54, 1.807) is 24.1 Å². The van der Waals surface area contributed by atoms with Crippen LogP contribution >= 0.6 is 0 Å². The minimum Gasteiger partial charge on any atom is -0.457 e. The molecule has 0 bridgehead atoms. The second-order valence-electron chi connectivity index (χ2n) is 6.51. The minimum absolute atomic E-state index is 0.0407. The fourth-order valence-electron chi connectivity index (χ4n) is 2.51. The second-order valence-corrected chi connectivity index (χ2v) is 6.51. The van der Waals surface area contributed by atoms with Crippen molar-refractivity contribution in [3.8, 4) is 11.5 Å². The van der Waals surface area contributed by atoms with Gasteiger partial charge < -0.3 is 15.4 Å². The van der Waals surface area contributed by atoms with Crippen LogP contribution in [0, 0.1) is 0 Å². The maximum atomic E-state index is 12.2. The number of para-hydroxylation sites is 1. The first-order chi connectivity index (χ1) is 12.6. The van der Waals surface area contributed by atoms with Gasteiger partial charge in [0.2, 0.25) is 11.8 Å². The van der Waals surface area contributed by atoms with Gasteiger partial charge in [-0.2, -0.15) is 0 Å². The van der Waals surface area contributed by atoms with Crippen molar-refractivity contribution in [3.05, 3.63) is 54.6 Å². The lowest BCUT2D eigenvalue weighted by Gasteiger charge is -2.16. The number of nitrogens with one attached hydrogen (secondary N) is 2. The predicted octanol–water partition coefficient (Wildman–Crippen LogP) is 2.63. The van der Waals surface area contributed by atoms with E-state index in [1.807, 2.05) is 42.5 Å². The van der Waals surface area contributed by atoms with Crippen LogP contribution in [-0.4, -0.2) is 42.9 Å². The molecule has 0 atom stereocenters. The zero-order chi connectivity index (χ0) is 18.4. The molecule has 0 spiro atoms. The average molecular weight is 353 g/mol. The highest BCUT2D eigenvalue weighted by Gasteiger charge is 2.23. The number of rotatable bonds is 8. The molecular formula is C20H23N3O3. The smallest absolute Gasteiger partial charge is 0.238 e. The molecule has 136 valence electrons. The highest BCUT2D eigenvalue weighted by molar-refractivity contribution is 5.92. The number of hydrogen-bond donors (Lipinski definition) is 2. The summed E-state index contributed by atoms with van der Waals surface area (Å²) in [5, 5.41) is 5.74. The van der Waals surface area contributed by atoms with Gasteiger partial charge >= 0.3 is 0 Å². The molecule has 1 aliphatic carbocycles. The van der Waals surface area contributed by atoms with Gasteiger partial charge in [-0.05, 0) is 44.2 Å². The third-order valence-corrected chi connectivity index (χ3v) is 3.87. The Hall–Kier alpha value is -2.86. The Labute approximate surface area is 153 Å². The molecule has 1 fully saturated rings. The average Bonchev–Trinajstić information content (AvgIpc) is 3.39. The largest absolute Gasteiger partial charge is 0.457 e. The summed E-state index contributed by atoms with van der Waals surface area (Å²) in [6, 6.07) is 17.0. The highest BCUT2D eigenvalue weighted by atomic mass is 16.5. The van der Waals surface area contributed by atoms with E-state index in [2.05, 4.69) is 10.6 Å². The van der Waals surface area contributed by atoms with Crippen LogP contribution in [0.15, 0.2) is 54.6 Å². The van der Waals surface area contributed by atoms with E-state index in [4.69, 9.17) is 4.74 Å². The highest BCUT2D eigenvalue weighted by Crippen LogP contribution is 2.23. The molecule has 6 heteroatoms. The predicted molar refractivity (Wildman–Crippen MR) is 100 cm³/mol. The zero-order valence-corrected chi connectivity index (χ0v) is 14.8. The van der Waals surface area contributed by atoms with E-state index < -0.39 is 0 Å². The molecule has 0 unspecified atom stereocenters. The van der Waals surface area contributed by atoms with Crippen molar-refractivity contribution in [3.63, 3.8) is 0 Å². The molecule has 6 nitrogen and oxygen atoms in total. The summed E-state index contributed by atoms with van der Waals surface area (Å²) in [5.74, 6) is 1.16. The maximum absolute atomic E-state index is 12.2. The maximum Gasteiger partial charge on any atom is 0.238 e. The van der Waals surface area contributed by atoms with Crippen molar-refractivity contribution in [2.75, 3.05) is 25.5 Å². The van der Waals surface area contributed by atoms with Gasteiger partial charge in [-0.25, -0.2) is 0 Å². The van der Waals surface area contributed by atoms with Crippen LogP contribution in [0.3, 0.4) is 0 Å². The quantitative estimate of drug-likeness (QED) is 0.765. The van der Waals surface area contributed by atoms with E-state index in [1.165, 1.54) is 0 Å². The Morgan fingerprint density at radius 2 is 1.69 bits per heavy atom. The Balaban J connectivity index is 1.48. The van der Waals surface area contributed by atoms with E-state index in [0.717, 1.165) is 18.6 Å². The summed E-state index contributed by atoms with van der Waals surface area (Å²) in [7, 11) is 1.75. The number of carbonyl (C=O) groups excluding carboxylic acids is 2. The number of benzene rings is 2. The van der Waals surface area contributed by atoms with Gasteiger partial charge in [-0.1, -0.05) is 24.3 Å². The SMILES string of the molecule is CN(CC(=O)Nc1cccc(Oc2ccccc2)c1)CC(=O)NC1CC1. The topological polar surface area (TPSA) is 70.7 Å². The molecule has 1 aliphatic rings. The Morgan fingerprint density at radius 3 is 2.42 bits per heavy atom. The fraction of sp³-hybridized carbons (Fsp3) is 0.300. The Morgan fingerprint density at radius 1 is 1.00 bits per heavy atom. The van der Waals surface area contributed by atoms with Gasteiger partial charge in [0.05, 0.1) is 13.1 Å². The van der Waals surface area contributed by atoms with E-state index >= 15 is 0 Å². The first-order valence-electron chi connectivity index (χ1n) is 8.69. The normalized spacial score (nSPS) is 13.3. The van der Waals surface area contributed by atoms with E-state index in [9.17, 15) is 9.59 Å². The van der Waals surface area contributed by atoms with Crippen LogP contribution in [0.2, 0.25) is 0 Å². The second kappa shape index (κ2) is 8.49. The van der Waals surface area contributed by atoms with Gasteiger partial charge in [-0.3, -0.25) is 14.5 Å². The number of likely N-dealkylation sites (N-methyl/N-ethyl adjacent to an activating group) is 1. The number of carbonyl (C=O) groups is 2. The van der Waals surface area contributed by atoms with Gasteiger partial charge in [0.1, 0.15) is 11.5 Å². The molecule has 2 amide bonds. The van der Waals surface area contributed by atoms with Crippen LogP contribution in [-0.2, 0) is 9.59 Å². The van der Waals surface area contributed by atoms with Crippen molar-refractivity contribution < 1.29 is 14.3 Å². The summed E-state index contributed by atoms with van der Waals surface area (Å²) >= 11 is 0. The first-order valence-corrected chi connectivity index (χ1v) is 8.69. The molecule has 2 N–H and O–H groups in total. The first kappa shape index (κ1) is 17.9. The third-order valence-electron chi connectivity index (χ3n) is 3.87. The van der Waals surface area contributed by atoms with Crippen molar-refractivity contribution in [1.29, 1.82) is 0 Å². The molecular weight excluding hydrogens is 330 g/mol. The lowest BCUT2D eigenvalue weighted by Crippen LogP contribution is -2.39. The number of hydrogen-bond acceptors (Lipinski definition) is 4. The van der Waals surface area contributed by atoms with Crippen LogP contribution < -0.4 is 15.4 Å². The molecule has 1 saturated carbocycles. The Kier molecular flexibility index (Phi) is 5.86. The summed E-state index contributed by atoms with van der Waals surface area (Å²) in [4.78, 5) is 25.6. The monoisotopic (exact) mass is 353 g/mol. The van der Waals surface area contributed by atoms with Crippen LogP contribution in [0.1, 0.15) is 12.8 Å². The lowest BCUT2D eigenvalue weighted by molar-refractivity contribution is -0.123. The van der Waals surface area contributed by atoms with Crippen molar-refractivity contribution in [2.45, 2.75) is 18.9 Å². The van der Waals surface area contributed by atoms with E-state index in [-0.39, 0.29) is 24.9 Å². The molecule has 3 rings (SSSR count). The molecule has 0 aliphatic heterocycles. The molecule has 2 aromatic rings. The Bertz CT molecular complexity index is 760. The summed E-state index contributed by atoms with van der Waals surface area (Å²) in [6.45, 7) is 0.350. The van der Waals surface area contributed by atoms with Crippen molar-refractivity contribution >= 4 is 17.5 Å². The van der Waals surface area contributed by atoms with Crippen molar-refractivity contribution in [1.82, 2.24) is 10.2 Å². The molecule has 0 aromatic heterocycles. The molecule has 0 radical (unpaired) electrons. The van der Waals surface area contributed by atoms with E-state index in [0.29, 0.717) is 17.5 Å². The van der Waals surface area contributed by atoms with Crippen LogP contribution in [0.4, 0.5) is 5.69 Å². The van der Waals surface area contributed by atoms with Gasteiger partial charge in [0.25, 0.3) is 0 Å². The minimum atomic E-state index is -0.177. The lowest BCUT2D eigenvalue weighted by atomic mass is 10.3. The summed E-state index contributed by atoms with van der Waals surface area (Å²) in [6.07, 6.45) is 2.11. The number of amides is 2. The summed E-state index contributed by atoms with van der Waals surface area (Å²) in [5.41, 5.74) is 0.652. The number of anilines is 1. The van der Waals surface area contributed by atoms with Gasteiger partial charge in [0, 0.05) is 17.8 Å². The van der Waals surface area contributed by atoms with Gasteiger partial charge in [-0.15, -0.1) is 0 Å². The molecule has 0 saturated heterocycles.